The summed E-state index contributed by atoms with van der Waals surface area (Å²) in [4.78, 5) is 16.9. The van der Waals surface area contributed by atoms with Gasteiger partial charge in [-0.05, 0) is 18.2 Å². The molecule has 4 aromatic heterocycles. The first kappa shape index (κ1) is 15.0. The number of hydrogen-bond acceptors (Lipinski definition) is 4. The SMILES string of the molecule is C#CCn1c(Cn2ccnc2-c2cccc(F)n2)nc2cnccc21. The van der Waals surface area contributed by atoms with Crippen molar-refractivity contribution in [1.29, 1.82) is 0 Å². The van der Waals surface area contributed by atoms with Gasteiger partial charge >= 0.3 is 0 Å². The van der Waals surface area contributed by atoms with Gasteiger partial charge in [0.25, 0.3) is 0 Å². The van der Waals surface area contributed by atoms with Gasteiger partial charge in [0.2, 0.25) is 5.95 Å². The Labute approximate surface area is 143 Å². The van der Waals surface area contributed by atoms with Crippen LogP contribution in [0.25, 0.3) is 22.6 Å². The number of nitrogens with zero attached hydrogens (tertiary/aromatic N) is 6. The van der Waals surface area contributed by atoms with Crippen molar-refractivity contribution in [1.82, 2.24) is 29.1 Å². The molecule has 4 aromatic rings. The van der Waals surface area contributed by atoms with Gasteiger partial charge in [-0.1, -0.05) is 12.0 Å². The summed E-state index contributed by atoms with van der Waals surface area (Å²) in [6, 6.07) is 6.51. The van der Waals surface area contributed by atoms with E-state index in [1.807, 2.05) is 15.2 Å². The number of fused-ring (bicyclic) bond motifs is 1. The lowest BCUT2D eigenvalue weighted by molar-refractivity contribution is 0.584. The van der Waals surface area contributed by atoms with E-state index in [2.05, 4.69) is 25.9 Å². The molecule has 0 amide bonds. The normalized spacial score (nSPS) is 10.9. The van der Waals surface area contributed by atoms with Gasteiger partial charge in [-0.3, -0.25) is 4.98 Å². The third-order valence-electron chi connectivity index (χ3n) is 3.85. The van der Waals surface area contributed by atoms with Crippen molar-refractivity contribution in [2.75, 3.05) is 0 Å². The van der Waals surface area contributed by atoms with Crippen LogP contribution in [0.4, 0.5) is 4.39 Å². The number of halogens is 1. The molecule has 0 spiro atoms. The highest BCUT2D eigenvalue weighted by atomic mass is 19.1. The van der Waals surface area contributed by atoms with Gasteiger partial charge in [-0.2, -0.15) is 4.39 Å². The maximum Gasteiger partial charge on any atom is 0.213 e. The molecule has 0 saturated heterocycles. The van der Waals surface area contributed by atoms with E-state index < -0.39 is 5.95 Å². The quantitative estimate of drug-likeness (QED) is 0.425. The minimum absolute atomic E-state index is 0.401. The van der Waals surface area contributed by atoms with Gasteiger partial charge in [-0.15, -0.1) is 6.42 Å². The van der Waals surface area contributed by atoms with Crippen molar-refractivity contribution in [2.45, 2.75) is 13.1 Å². The first-order chi connectivity index (χ1) is 12.3. The summed E-state index contributed by atoms with van der Waals surface area (Å²) >= 11 is 0. The zero-order valence-corrected chi connectivity index (χ0v) is 13.2. The number of rotatable bonds is 4. The van der Waals surface area contributed by atoms with Crippen molar-refractivity contribution in [3.05, 3.63) is 60.8 Å². The molecule has 0 aliphatic rings. The maximum atomic E-state index is 13.4. The van der Waals surface area contributed by atoms with Crippen LogP contribution in [0.15, 0.2) is 49.1 Å². The maximum absolute atomic E-state index is 13.4. The number of aromatic nitrogens is 6. The van der Waals surface area contributed by atoms with Crippen molar-refractivity contribution in [2.24, 2.45) is 0 Å². The molecule has 0 saturated carbocycles. The Morgan fingerprint density at radius 3 is 2.92 bits per heavy atom. The predicted octanol–water partition coefficient (Wildman–Crippen LogP) is 2.51. The predicted molar refractivity (Wildman–Crippen MR) is 90.9 cm³/mol. The number of pyridine rings is 2. The second-order valence-corrected chi connectivity index (χ2v) is 5.41. The van der Waals surface area contributed by atoms with Crippen LogP contribution in [-0.2, 0) is 13.1 Å². The molecule has 6 nitrogen and oxygen atoms in total. The zero-order valence-electron chi connectivity index (χ0n) is 13.2. The molecule has 0 radical (unpaired) electrons. The van der Waals surface area contributed by atoms with Crippen molar-refractivity contribution >= 4 is 11.0 Å². The van der Waals surface area contributed by atoms with Crippen LogP contribution in [0.3, 0.4) is 0 Å². The Kier molecular flexibility index (Phi) is 3.71. The number of terminal acetylenes is 1. The molecule has 0 N–H and O–H groups in total. The van der Waals surface area contributed by atoms with Crippen LogP contribution in [0.5, 0.6) is 0 Å². The molecule has 0 atom stereocenters. The lowest BCUT2D eigenvalue weighted by Crippen LogP contribution is -2.09. The Morgan fingerprint density at radius 1 is 1.16 bits per heavy atom. The van der Waals surface area contributed by atoms with Gasteiger partial charge < -0.3 is 9.13 Å². The molecular formula is C18H13FN6. The van der Waals surface area contributed by atoms with E-state index in [4.69, 9.17) is 6.42 Å². The Hall–Kier alpha value is -3.53. The Bertz CT molecular complexity index is 1090. The lowest BCUT2D eigenvalue weighted by atomic mass is 10.3. The van der Waals surface area contributed by atoms with Gasteiger partial charge in [-0.25, -0.2) is 15.0 Å². The average molecular weight is 332 g/mol. The van der Waals surface area contributed by atoms with Crippen LogP contribution in [0, 0.1) is 18.3 Å². The molecule has 122 valence electrons. The highest BCUT2D eigenvalue weighted by Crippen LogP contribution is 2.19. The molecular weight excluding hydrogens is 319 g/mol. The minimum Gasteiger partial charge on any atom is -0.322 e. The van der Waals surface area contributed by atoms with Crippen LogP contribution >= 0.6 is 0 Å². The topological polar surface area (TPSA) is 61.4 Å². The molecule has 0 aromatic carbocycles. The molecule has 4 heterocycles. The molecule has 0 unspecified atom stereocenters. The van der Waals surface area contributed by atoms with Crippen LogP contribution in [0.1, 0.15) is 5.82 Å². The third-order valence-corrected chi connectivity index (χ3v) is 3.85. The fourth-order valence-electron chi connectivity index (χ4n) is 2.78. The smallest absolute Gasteiger partial charge is 0.213 e. The summed E-state index contributed by atoms with van der Waals surface area (Å²) in [6.45, 7) is 0.835. The highest BCUT2D eigenvalue weighted by molar-refractivity contribution is 5.74. The van der Waals surface area contributed by atoms with Crippen LogP contribution < -0.4 is 0 Å². The monoisotopic (exact) mass is 332 g/mol. The molecule has 7 heteroatoms. The van der Waals surface area contributed by atoms with Crippen LogP contribution in [-0.4, -0.2) is 29.1 Å². The summed E-state index contributed by atoms with van der Waals surface area (Å²) in [6.07, 6.45) is 12.4. The molecule has 0 fully saturated rings. The highest BCUT2D eigenvalue weighted by Gasteiger charge is 2.14. The minimum atomic E-state index is -0.544. The van der Waals surface area contributed by atoms with Crippen molar-refractivity contribution in [3.63, 3.8) is 0 Å². The molecule has 0 bridgehead atoms. The summed E-state index contributed by atoms with van der Waals surface area (Å²) < 4.78 is 17.3. The van der Waals surface area contributed by atoms with Crippen molar-refractivity contribution in [3.8, 4) is 23.9 Å². The Morgan fingerprint density at radius 2 is 2.08 bits per heavy atom. The summed E-state index contributed by atoms with van der Waals surface area (Å²) in [7, 11) is 0. The van der Waals surface area contributed by atoms with Crippen molar-refractivity contribution < 1.29 is 4.39 Å². The second-order valence-electron chi connectivity index (χ2n) is 5.41. The summed E-state index contributed by atoms with van der Waals surface area (Å²) in [5, 5.41) is 0. The molecule has 4 rings (SSSR count). The van der Waals surface area contributed by atoms with Crippen LogP contribution in [0.2, 0.25) is 0 Å². The van der Waals surface area contributed by atoms with E-state index in [1.165, 1.54) is 6.07 Å². The van der Waals surface area contributed by atoms with E-state index in [1.54, 1.807) is 36.9 Å². The lowest BCUT2D eigenvalue weighted by Gasteiger charge is -2.09. The number of hydrogen-bond donors (Lipinski definition) is 0. The Balaban J connectivity index is 1.77. The molecule has 25 heavy (non-hydrogen) atoms. The largest absolute Gasteiger partial charge is 0.322 e. The van der Waals surface area contributed by atoms with E-state index in [-0.39, 0.29) is 0 Å². The van der Waals surface area contributed by atoms with Gasteiger partial charge in [0.15, 0.2) is 5.82 Å². The molecule has 0 aliphatic heterocycles. The fourth-order valence-corrected chi connectivity index (χ4v) is 2.78. The zero-order chi connectivity index (χ0) is 17.2. The van der Waals surface area contributed by atoms with Gasteiger partial charge in [0.1, 0.15) is 17.0 Å². The van der Waals surface area contributed by atoms with E-state index in [0.29, 0.717) is 24.6 Å². The van der Waals surface area contributed by atoms with Gasteiger partial charge in [0, 0.05) is 18.6 Å². The van der Waals surface area contributed by atoms with E-state index in [9.17, 15) is 4.39 Å². The van der Waals surface area contributed by atoms with E-state index >= 15 is 0 Å². The fraction of sp³-hybridized carbons (Fsp3) is 0.111. The van der Waals surface area contributed by atoms with Gasteiger partial charge in [0.05, 0.1) is 24.8 Å². The standard InChI is InChI=1S/C18H13FN6/c1-2-9-25-15-6-7-20-11-14(15)23-17(25)12-24-10-8-21-18(24)13-4-3-5-16(19)22-13/h1,3-8,10-11H,9,12H2. The number of imidazole rings is 2. The van der Waals surface area contributed by atoms with E-state index in [0.717, 1.165) is 16.9 Å². The first-order valence-corrected chi connectivity index (χ1v) is 7.63. The second kappa shape index (κ2) is 6.17. The first-order valence-electron chi connectivity index (χ1n) is 7.63. The summed E-state index contributed by atoms with van der Waals surface area (Å²) in [5.41, 5.74) is 2.16. The third kappa shape index (κ3) is 2.74. The summed E-state index contributed by atoms with van der Waals surface area (Å²) in [5.74, 6) is 3.45. The average Bonchev–Trinajstić information content (AvgIpc) is 3.21. The molecule has 0 aliphatic carbocycles.